The number of aromatic nitrogens is 2. The number of rotatable bonds is 11. The van der Waals surface area contributed by atoms with Gasteiger partial charge in [0.1, 0.15) is 11.1 Å². The molecular formula is C25H34N4O6. The van der Waals surface area contributed by atoms with Crippen molar-refractivity contribution in [3.63, 3.8) is 0 Å². The first-order chi connectivity index (χ1) is 16.7. The van der Waals surface area contributed by atoms with Crippen LogP contribution in [0.5, 0.6) is 5.88 Å². The molecule has 0 unspecified atom stereocenters. The van der Waals surface area contributed by atoms with E-state index in [0.29, 0.717) is 25.7 Å². The highest BCUT2D eigenvalue weighted by molar-refractivity contribution is 6.28. The standard InChI is InChI=1S/C25H34N4O6/c1-5-14-26-20(30)18(21(31)27(15-6-2)24(26)34)12-10-9-11-13-19-22(32)28(16-7-3)25(35)29(17-8-4)23(19)33/h9-13,30H,5-8,14-17H2,1-4H3/b11-9+,12-10+. The van der Waals surface area contributed by atoms with E-state index in [0.717, 1.165) is 14.4 Å². The van der Waals surface area contributed by atoms with Crippen LogP contribution < -0.4 is 11.2 Å². The minimum Gasteiger partial charge on any atom is -0.494 e. The second-order valence-electron chi connectivity index (χ2n) is 8.15. The second-order valence-corrected chi connectivity index (χ2v) is 8.15. The fourth-order valence-corrected chi connectivity index (χ4v) is 3.75. The van der Waals surface area contributed by atoms with Crippen molar-refractivity contribution in [1.29, 1.82) is 0 Å². The highest BCUT2D eigenvalue weighted by atomic mass is 16.3. The minimum absolute atomic E-state index is 0.0255. The van der Waals surface area contributed by atoms with Crippen molar-refractivity contribution < 1.29 is 19.5 Å². The van der Waals surface area contributed by atoms with Gasteiger partial charge in [-0.15, -0.1) is 0 Å². The van der Waals surface area contributed by atoms with Gasteiger partial charge in [0.05, 0.1) is 0 Å². The minimum atomic E-state index is -0.644. The fraction of sp³-hybridized carbons (Fsp3) is 0.480. The quantitative estimate of drug-likeness (QED) is 0.292. The molecule has 0 spiro atoms. The van der Waals surface area contributed by atoms with Crippen LogP contribution >= 0.6 is 0 Å². The van der Waals surface area contributed by atoms with Crippen LogP contribution in [-0.2, 0) is 22.7 Å². The number of carbonyl (C=O) groups excluding carboxylic acids is 3. The zero-order valence-electron chi connectivity index (χ0n) is 20.8. The summed E-state index contributed by atoms with van der Waals surface area (Å²) in [6, 6.07) is -0.606. The van der Waals surface area contributed by atoms with E-state index in [1.54, 1.807) is 0 Å². The van der Waals surface area contributed by atoms with Crippen LogP contribution in [0.15, 0.2) is 39.5 Å². The molecule has 0 bridgehead atoms. The van der Waals surface area contributed by atoms with Crippen LogP contribution in [-0.4, -0.2) is 55.0 Å². The maximum Gasteiger partial charge on any atom is 0.333 e. The molecule has 0 radical (unpaired) electrons. The van der Waals surface area contributed by atoms with E-state index in [1.165, 1.54) is 34.9 Å². The van der Waals surface area contributed by atoms with E-state index in [9.17, 15) is 29.1 Å². The first kappa shape index (κ1) is 27.6. The Hall–Kier alpha value is -3.69. The van der Waals surface area contributed by atoms with Crippen LogP contribution in [0.25, 0.3) is 6.08 Å². The monoisotopic (exact) mass is 486 g/mol. The maximum absolute atomic E-state index is 12.8. The molecule has 1 N–H and O–H groups in total. The molecule has 1 saturated heterocycles. The van der Waals surface area contributed by atoms with Crippen LogP contribution in [0.3, 0.4) is 0 Å². The van der Waals surface area contributed by atoms with Crippen molar-refractivity contribution in [2.24, 2.45) is 0 Å². The fourth-order valence-electron chi connectivity index (χ4n) is 3.75. The number of amides is 4. The zero-order chi connectivity index (χ0) is 26.1. The van der Waals surface area contributed by atoms with Crippen LogP contribution in [0.1, 0.15) is 58.9 Å². The van der Waals surface area contributed by atoms with E-state index in [2.05, 4.69) is 0 Å². The van der Waals surface area contributed by atoms with Gasteiger partial charge in [-0.05, 0) is 37.8 Å². The Morgan fingerprint density at radius 1 is 0.686 bits per heavy atom. The van der Waals surface area contributed by atoms with E-state index in [1.807, 2.05) is 27.7 Å². The van der Waals surface area contributed by atoms with Crippen LogP contribution in [0, 0.1) is 0 Å². The third kappa shape index (κ3) is 5.87. The molecule has 2 rings (SSSR count). The van der Waals surface area contributed by atoms with Gasteiger partial charge >= 0.3 is 11.7 Å². The van der Waals surface area contributed by atoms with Gasteiger partial charge in [0.25, 0.3) is 17.4 Å². The number of hydrogen-bond acceptors (Lipinski definition) is 6. The maximum atomic E-state index is 12.8. The molecule has 0 aliphatic carbocycles. The summed E-state index contributed by atoms with van der Waals surface area (Å²) >= 11 is 0. The van der Waals surface area contributed by atoms with Crippen LogP contribution in [0.2, 0.25) is 0 Å². The molecule has 2 heterocycles. The summed E-state index contributed by atoms with van der Waals surface area (Å²) in [5.74, 6) is -1.69. The van der Waals surface area contributed by atoms with E-state index in [4.69, 9.17) is 0 Å². The summed E-state index contributed by atoms with van der Waals surface area (Å²) in [7, 11) is 0. The van der Waals surface area contributed by atoms with Gasteiger partial charge in [0, 0.05) is 26.2 Å². The van der Waals surface area contributed by atoms with Gasteiger partial charge in [-0.1, -0.05) is 45.9 Å². The second kappa shape index (κ2) is 12.7. The van der Waals surface area contributed by atoms with Gasteiger partial charge in [0.15, 0.2) is 0 Å². The average Bonchev–Trinajstić information content (AvgIpc) is 2.83. The molecule has 1 aromatic heterocycles. The summed E-state index contributed by atoms with van der Waals surface area (Å²) in [5, 5.41) is 10.5. The van der Waals surface area contributed by atoms with Crippen molar-refractivity contribution in [2.75, 3.05) is 13.1 Å². The summed E-state index contributed by atoms with van der Waals surface area (Å²) in [6.07, 6.45) is 9.45. The predicted octanol–water partition coefficient (Wildman–Crippen LogP) is 2.64. The SMILES string of the molecule is CCCN1C(=O)C(=C/C=C/C=C/c2c(O)n(CCC)c(=O)n(CCC)c2=O)C(=O)N(CCC)C1=O. The lowest BCUT2D eigenvalue weighted by Gasteiger charge is -2.33. The van der Waals surface area contributed by atoms with Crippen LogP contribution in [0.4, 0.5) is 4.79 Å². The lowest BCUT2D eigenvalue weighted by molar-refractivity contribution is -0.135. The number of barbiturate groups is 1. The van der Waals surface area contributed by atoms with Crippen molar-refractivity contribution in [3.05, 3.63) is 56.3 Å². The number of carbonyl (C=O) groups is 3. The molecule has 10 nitrogen and oxygen atoms in total. The van der Waals surface area contributed by atoms with E-state index in [-0.39, 0.29) is 37.3 Å². The molecular weight excluding hydrogens is 452 g/mol. The molecule has 0 saturated carbocycles. The molecule has 1 aliphatic rings. The van der Waals surface area contributed by atoms with Gasteiger partial charge in [0.2, 0.25) is 5.88 Å². The normalized spacial score (nSPS) is 14.7. The first-order valence-corrected chi connectivity index (χ1v) is 12.0. The van der Waals surface area contributed by atoms with Crippen molar-refractivity contribution in [1.82, 2.24) is 18.9 Å². The zero-order valence-corrected chi connectivity index (χ0v) is 20.8. The number of hydrogen-bond donors (Lipinski definition) is 1. The highest BCUT2D eigenvalue weighted by Gasteiger charge is 2.40. The number of urea groups is 1. The predicted molar refractivity (Wildman–Crippen MR) is 133 cm³/mol. The van der Waals surface area contributed by atoms with Gasteiger partial charge < -0.3 is 5.11 Å². The summed E-state index contributed by atoms with van der Waals surface area (Å²) in [5.41, 5.74) is -1.29. The molecule has 35 heavy (non-hydrogen) atoms. The van der Waals surface area contributed by atoms with Gasteiger partial charge in [-0.3, -0.25) is 33.3 Å². The molecule has 10 heteroatoms. The van der Waals surface area contributed by atoms with Gasteiger partial charge in [-0.2, -0.15) is 0 Å². The number of nitrogens with zero attached hydrogens (tertiary/aromatic N) is 4. The molecule has 190 valence electrons. The molecule has 1 aromatic rings. The lowest BCUT2D eigenvalue weighted by Crippen LogP contribution is -2.56. The number of allylic oxidation sites excluding steroid dienone is 4. The van der Waals surface area contributed by atoms with E-state index < -0.39 is 35.0 Å². The van der Waals surface area contributed by atoms with Crippen molar-refractivity contribution in [3.8, 4) is 5.88 Å². The Labute approximate surface area is 204 Å². The number of aromatic hydroxyl groups is 1. The lowest BCUT2D eigenvalue weighted by atomic mass is 10.1. The summed E-state index contributed by atoms with van der Waals surface area (Å²) in [6.45, 7) is 8.30. The third-order valence-corrected chi connectivity index (χ3v) is 5.38. The Bertz CT molecular complexity index is 1140. The van der Waals surface area contributed by atoms with Crippen molar-refractivity contribution >= 4 is 23.9 Å². The molecule has 4 amide bonds. The largest absolute Gasteiger partial charge is 0.494 e. The molecule has 0 atom stereocenters. The summed E-state index contributed by atoms with van der Waals surface area (Å²) in [4.78, 5) is 65.4. The average molecular weight is 487 g/mol. The molecule has 0 aromatic carbocycles. The Morgan fingerprint density at radius 2 is 1.20 bits per heavy atom. The molecule has 1 fully saturated rings. The third-order valence-electron chi connectivity index (χ3n) is 5.38. The Kier molecular flexibility index (Phi) is 9.98. The smallest absolute Gasteiger partial charge is 0.333 e. The summed E-state index contributed by atoms with van der Waals surface area (Å²) < 4.78 is 2.27. The Balaban J connectivity index is 2.39. The van der Waals surface area contributed by atoms with E-state index >= 15 is 0 Å². The van der Waals surface area contributed by atoms with Gasteiger partial charge in [-0.25, -0.2) is 9.59 Å². The molecule has 1 aliphatic heterocycles. The Morgan fingerprint density at radius 3 is 1.71 bits per heavy atom. The number of imide groups is 2. The topological polar surface area (TPSA) is 122 Å². The first-order valence-electron chi connectivity index (χ1n) is 12.0. The highest BCUT2D eigenvalue weighted by Crippen LogP contribution is 2.18. The van der Waals surface area contributed by atoms with Crippen molar-refractivity contribution in [2.45, 2.75) is 66.5 Å².